The van der Waals surface area contributed by atoms with Crippen molar-refractivity contribution in [1.82, 2.24) is 20.3 Å². The molecule has 2 aliphatic heterocycles. The number of carboxylic acid groups (broad SMARTS) is 2. The highest BCUT2D eigenvalue weighted by Gasteiger charge is 2.51. The number of aliphatic hydroxyl groups excluding tert-OH is 1. The number of thiol groups is 1. The molecule has 0 saturated carbocycles. The Balaban J connectivity index is 1.53. The molecule has 5 heterocycles. The Morgan fingerprint density at radius 2 is 1.41 bits per heavy atom. The van der Waals surface area contributed by atoms with Crippen LogP contribution in [0.2, 0.25) is 0 Å². The van der Waals surface area contributed by atoms with Crippen LogP contribution in [0.25, 0.3) is 6.08 Å². The van der Waals surface area contributed by atoms with Gasteiger partial charge in [0, 0.05) is 71.3 Å². The molecule has 5 rings (SSSR count). The predicted molar refractivity (Wildman–Crippen MR) is 172 cm³/mol. The van der Waals surface area contributed by atoms with Gasteiger partial charge in [-0.3, -0.25) is 9.59 Å². The van der Waals surface area contributed by atoms with Gasteiger partial charge in [-0.15, -0.1) is 0 Å². The van der Waals surface area contributed by atoms with E-state index in [-0.39, 0.29) is 30.6 Å². The van der Waals surface area contributed by atoms with Crippen LogP contribution in [0.1, 0.15) is 88.5 Å². The highest BCUT2D eigenvalue weighted by molar-refractivity contribution is 7.86. The van der Waals surface area contributed by atoms with E-state index in [4.69, 9.17) is 0 Å². The van der Waals surface area contributed by atoms with E-state index in [9.17, 15) is 30.0 Å². The van der Waals surface area contributed by atoms with Gasteiger partial charge < -0.3 is 40.7 Å². The zero-order valence-corrected chi connectivity index (χ0v) is 27.0. The topological polar surface area (TPSA) is 174 Å². The number of aromatic hydroxyl groups is 1. The highest BCUT2D eigenvalue weighted by atomic mass is 32.2. The number of H-pyrrole nitrogens is 3. The molecule has 238 valence electrons. The largest absolute Gasteiger partial charge is 0.494 e. The fraction of sp³-hybridized carbons (Fsp3) is 0.515. The molecule has 44 heavy (non-hydrogen) atoms. The highest BCUT2D eigenvalue weighted by Crippen LogP contribution is 2.40. The molecule has 2 saturated heterocycles. The van der Waals surface area contributed by atoms with Crippen molar-refractivity contribution in [2.75, 3.05) is 5.75 Å². The van der Waals surface area contributed by atoms with Gasteiger partial charge in [0.1, 0.15) is 6.23 Å². The number of nitrogens with one attached hydrogen (secondary N) is 4. The van der Waals surface area contributed by atoms with Crippen molar-refractivity contribution in [3.05, 3.63) is 67.5 Å². The maximum absolute atomic E-state index is 11.6. The number of allylic oxidation sites excluding steroid dienone is 1. The Morgan fingerprint density at radius 1 is 0.864 bits per heavy atom. The SMILES string of the molecule is CCc1c(O)[nH]c(Cc2[nH]c(Cc3[nH]c(/C=C4\NC(O)[C@H](C)[C@H]4[C@H]4C[SH+]4)c(C)c3CCC(=O)O)c(CCC(=O)O)c2C)c1C. The summed E-state index contributed by atoms with van der Waals surface area (Å²) in [5.74, 6) is -0.0558. The second kappa shape index (κ2) is 12.8. The molecule has 4 atom stereocenters. The van der Waals surface area contributed by atoms with Crippen LogP contribution in [0, 0.1) is 32.6 Å². The van der Waals surface area contributed by atoms with Crippen molar-refractivity contribution in [2.24, 2.45) is 11.8 Å². The lowest BCUT2D eigenvalue weighted by atomic mass is 9.91. The van der Waals surface area contributed by atoms with E-state index in [0.29, 0.717) is 37.4 Å². The number of aromatic amines is 3. The fourth-order valence-corrected chi connectivity index (χ4v) is 7.90. The standard InChI is InChI=1S/C33H44N4O6S/c1-6-19-15(2)24(36-33(19)43)11-22-16(3)20(7-9-29(38)39)25(34-22)13-26-21(8-10-30(40)41)17(4)23(35-26)12-27-31(28-14-44-28)18(5)32(42)37-27/h12,18,28,31-32,34-37,42-43H,6-11,13-14H2,1-5H3,(H,38,39)(H,40,41)/p+1/b27-12-/t18-,28-,31-,32?/m1/s1. The third kappa shape index (κ3) is 6.44. The van der Waals surface area contributed by atoms with E-state index in [2.05, 4.69) is 33.3 Å². The van der Waals surface area contributed by atoms with Gasteiger partial charge in [0.25, 0.3) is 0 Å². The van der Waals surface area contributed by atoms with Crippen LogP contribution in [0.5, 0.6) is 5.88 Å². The molecule has 3 aromatic heterocycles. The molecule has 0 spiro atoms. The van der Waals surface area contributed by atoms with Crippen LogP contribution < -0.4 is 5.32 Å². The van der Waals surface area contributed by atoms with Crippen molar-refractivity contribution in [3.63, 3.8) is 0 Å². The molecule has 0 aromatic carbocycles. The van der Waals surface area contributed by atoms with Crippen molar-refractivity contribution in [2.45, 2.75) is 91.0 Å². The van der Waals surface area contributed by atoms with E-state index < -0.39 is 18.2 Å². The second-order valence-corrected chi connectivity index (χ2v) is 13.8. The molecule has 10 nitrogen and oxygen atoms in total. The van der Waals surface area contributed by atoms with E-state index in [1.54, 1.807) is 0 Å². The smallest absolute Gasteiger partial charge is 0.303 e. The van der Waals surface area contributed by atoms with Crippen LogP contribution >= 0.6 is 0 Å². The summed E-state index contributed by atoms with van der Waals surface area (Å²) in [6.45, 7) is 10.1. The third-order valence-corrected chi connectivity index (χ3v) is 10.7. The average Bonchev–Trinajstić information content (AvgIpc) is 3.53. The summed E-state index contributed by atoms with van der Waals surface area (Å²) in [6.07, 6.45) is 3.91. The van der Waals surface area contributed by atoms with E-state index >= 15 is 0 Å². The molecule has 2 aliphatic rings. The molecule has 11 heteroatoms. The summed E-state index contributed by atoms with van der Waals surface area (Å²) >= 11 is 1.41. The maximum Gasteiger partial charge on any atom is 0.303 e. The molecular formula is C33H45N4O6S+. The summed E-state index contributed by atoms with van der Waals surface area (Å²) in [5, 5.41) is 43.8. The minimum Gasteiger partial charge on any atom is -0.494 e. The van der Waals surface area contributed by atoms with Gasteiger partial charge in [0.15, 0.2) is 16.9 Å². The Bertz CT molecular complexity index is 1590. The number of aliphatic carboxylic acids is 2. The van der Waals surface area contributed by atoms with Crippen LogP contribution in [0.15, 0.2) is 5.70 Å². The van der Waals surface area contributed by atoms with Crippen LogP contribution in [-0.2, 0) is 53.5 Å². The lowest BCUT2D eigenvalue weighted by molar-refractivity contribution is -0.138. The van der Waals surface area contributed by atoms with Gasteiger partial charge >= 0.3 is 11.9 Å². The van der Waals surface area contributed by atoms with Crippen molar-refractivity contribution >= 4 is 29.8 Å². The lowest BCUT2D eigenvalue weighted by Crippen LogP contribution is -2.24. The Kier molecular flexibility index (Phi) is 9.27. The number of hydrogen-bond acceptors (Lipinski definition) is 5. The van der Waals surface area contributed by atoms with Gasteiger partial charge in [-0.2, -0.15) is 0 Å². The quantitative estimate of drug-likeness (QED) is 0.0810. The second-order valence-electron chi connectivity index (χ2n) is 12.4. The van der Waals surface area contributed by atoms with Gasteiger partial charge in [-0.25, -0.2) is 0 Å². The van der Waals surface area contributed by atoms with Gasteiger partial charge in [-0.1, -0.05) is 13.8 Å². The van der Waals surface area contributed by atoms with E-state index in [1.165, 1.54) is 11.8 Å². The first-order chi connectivity index (χ1) is 20.9. The van der Waals surface area contributed by atoms with Crippen molar-refractivity contribution in [1.29, 1.82) is 0 Å². The minimum absolute atomic E-state index is 0.00445. The van der Waals surface area contributed by atoms with Crippen LogP contribution in [-0.4, -0.2) is 64.5 Å². The van der Waals surface area contributed by atoms with Gasteiger partial charge in [0.05, 0.1) is 5.92 Å². The fourth-order valence-electron chi connectivity index (χ4n) is 6.90. The number of hydrogen-bond donors (Lipinski definition) is 8. The van der Waals surface area contributed by atoms with E-state index in [0.717, 1.165) is 73.3 Å². The number of aromatic nitrogens is 3. The summed E-state index contributed by atoms with van der Waals surface area (Å²) in [4.78, 5) is 33.5. The average molecular weight is 626 g/mol. The summed E-state index contributed by atoms with van der Waals surface area (Å²) < 4.78 is 0. The molecule has 1 unspecified atom stereocenters. The zero-order valence-electron chi connectivity index (χ0n) is 26.1. The molecular weight excluding hydrogens is 580 g/mol. The number of rotatable bonds is 13. The van der Waals surface area contributed by atoms with Crippen molar-refractivity contribution < 1.29 is 30.0 Å². The molecule has 3 aromatic rings. The summed E-state index contributed by atoms with van der Waals surface area (Å²) in [5.41, 5.74) is 11.4. The van der Waals surface area contributed by atoms with Crippen LogP contribution in [0.4, 0.5) is 0 Å². The maximum atomic E-state index is 11.6. The molecule has 0 bridgehead atoms. The Hall–Kier alpha value is -3.57. The van der Waals surface area contributed by atoms with Crippen LogP contribution in [0.3, 0.4) is 0 Å². The third-order valence-electron chi connectivity index (χ3n) is 9.62. The normalized spacial score (nSPS) is 22.1. The number of aliphatic hydroxyl groups is 1. The first-order valence-electron chi connectivity index (χ1n) is 15.4. The minimum atomic E-state index is -0.868. The van der Waals surface area contributed by atoms with Gasteiger partial charge in [-0.05, 0) is 85.7 Å². The molecule has 0 amide bonds. The number of carboxylic acids is 2. The molecule has 0 radical (unpaired) electrons. The monoisotopic (exact) mass is 625 g/mol. The first-order valence-corrected chi connectivity index (χ1v) is 16.6. The molecule has 0 aliphatic carbocycles. The predicted octanol–water partition coefficient (Wildman–Crippen LogP) is 3.79. The zero-order chi connectivity index (χ0) is 31.9. The lowest BCUT2D eigenvalue weighted by Gasteiger charge is -2.10. The van der Waals surface area contributed by atoms with Crippen molar-refractivity contribution in [3.8, 4) is 5.88 Å². The van der Waals surface area contributed by atoms with E-state index in [1.807, 2.05) is 27.7 Å². The Labute approximate surface area is 261 Å². The molecule has 2 fully saturated rings. The summed E-state index contributed by atoms with van der Waals surface area (Å²) in [7, 11) is 0. The number of carbonyl (C=O) groups is 2. The Morgan fingerprint density at radius 3 is 1.98 bits per heavy atom. The summed E-state index contributed by atoms with van der Waals surface area (Å²) in [6, 6.07) is 0. The first kappa shape index (κ1) is 31.8. The molecule has 8 N–H and O–H groups in total. The van der Waals surface area contributed by atoms with Gasteiger partial charge in [0.2, 0.25) is 0 Å².